The molecule has 0 saturated carbocycles. The number of nitrogens with two attached hydrogens (primary N) is 2. The van der Waals surface area contributed by atoms with Crippen LogP contribution in [-0.4, -0.2) is 72.7 Å². The molecule has 19 heteroatoms. The van der Waals surface area contributed by atoms with E-state index in [1.54, 1.807) is 23.0 Å². The van der Waals surface area contributed by atoms with Crippen molar-refractivity contribution in [3.05, 3.63) is 39.8 Å². The maximum atomic E-state index is 13.2. The van der Waals surface area contributed by atoms with Gasteiger partial charge < -0.3 is 41.0 Å². The zero-order chi connectivity index (χ0) is 29.6. The van der Waals surface area contributed by atoms with Gasteiger partial charge in [0.2, 0.25) is 17.9 Å². The van der Waals surface area contributed by atoms with Crippen LogP contribution >= 0.6 is 34.7 Å². The number of thioether (sulfide) groups is 1. The van der Waals surface area contributed by atoms with Crippen LogP contribution < -0.4 is 26.5 Å². The van der Waals surface area contributed by atoms with Gasteiger partial charge in [0, 0.05) is 17.4 Å². The highest BCUT2D eigenvalue weighted by Crippen LogP contribution is 2.40. The number of nitrogens with one attached hydrogen (secondary N) is 1. The molecule has 3 atom stereocenters. The van der Waals surface area contributed by atoms with Gasteiger partial charge in [0.05, 0.1) is 11.7 Å². The molecule has 6 N–H and O–H groups in total. The van der Waals surface area contributed by atoms with Gasteiger partial charge in [-0.25, -0.2) is 9.78 Å². The molecular weight excluding hydrogens is 604 g/mol. The van der Waals surface area contributed by atoms with Crippen LogP contribution in [0.5, 0.6) is 0 Å². The zero-order valence-electron chi connectivity index (χ0n) is 20.8. The van der Waals surface area contributed by atoms with Crippen LogP contribution in [0.4, 0.5) is 11.1 Å². The predicted molar refractivity (Wildman–Crippen MR) is 142 cm³/mol. The molecule has 0 aromatic carbocycles. The van der Waals surface area contributed by atoms with Crippen molar-refractivity contribution in [1.82, 2.24) is 20.2 Å². The molecule has 2 aliphatic heterocycles. The minimum Gasteiger partial charge on any atom is -0.543 e. The average Bonchev–Trinajstić information content (AvgIpc) is 3.45. The summed E-state index contributed by atoms with van der Waals surface area (Å²) in [5.74, 6) is -4.38. The van der Waals surface area contributed by atoms with E-state index >= 15 is 0 Å². The lowest BCUT2D eigenvalue weighted by molar-refractivity contribution is -0.688. The number of halogens is 1. The number of β-lactam (4-membered cyclic amide) rings is 1. The molecular formula is C22H19ClN8O8S2. The highest BCUT2D eigenvalue weighted by molar-refractivity contribution is 8.00. The molecule has 0 aliphatic carbocycles. The summed E-state index contributed by atoms with van der Waals surface area (Å²) in [5, 5.41) is 26.5. The summed E-state index contributed by atoms with van der Waals surface area (Å²) in [6.45, 7) is 1.28. The van der Waals surface area contributed by atoms with Crippen molar-refractivity contribution in [1.29, 1.82) is 0 Å². The Morgan fingerprint density at radius 2 is 2.17 bits per heavy atom. The van der Waals surface area contributed by atoms with Gasteiger partial charge in [-0.1, -0.05) is 28.1 Å². The molecule has 41 heavy (non-hydrogen) atoms. The van der Waals surface area contributed by atoms with Crippen molar-refractivity contribution in [3.63, 3.8) is 0 Å². The quantitative estimate of drug-likeness (QED) is 0.0938. The van der Waals surface area contributed by atoms with Crippen molar-refractivity contribution in [2.24, 2.45) is 5.16 Å². The standard InChI is InChI=1S/C22H19ClN8O8S2/c1-7(19(34)35)39-29-12(11-15(23)41-22(25)28-11)16(32)27-13-17(33)31-14(20(36)37)8(6-40-18(13)31)4-30-3-2-9-10(5-30)38-21(24)26-9/h2-3,5,7,13,18,24H,4,6H2,1H3,(H5,25,27,28,32,34,35,36,37)/b29-12-/t7-,13?,18?/m0/s1. The highest BCUT2D eigenvalue weighted by atomic mass is 35.5. The lowest BCUT2D eigenvalue weighted by Gasteiger charge is -2.50. The van der Waals surface area contributed by atoms with Crippen LogP contribution in [-0.2, 0) is 30.6 Å². The van der Waals surface area contributed by atoms with E-state index in [4.69, 9.17) is 37.4 Å². The Morgan fingerprint density at radius 1 is 1.41 bits per heavy atom. The van der Waals surface area contributed by atoms with E-state index in [0.29, 0.717) is 16.7 Å². The van der Waals surface area contributed by atoms with Gasteiger partial charge in [-0.2, -0.15) is 9.55 Å². The number of rotatable bonds is 9. The molecule has 2 amide bonds. The number of fused-ring (bicyclic) bond motifs is 2. The van der Waals surface area contributed by atoms with Crippen molar-refractivity contribution < 1.29 is 43.2 Å². The molecule has 1 saturated heterocycles. The number of carbonyl (C=O) groups is 4. The number of thiazole rings is 1. The molecule has 3 aromatic rings. The van der Waals surface area contributed by atoms with Gasteiger partial charge in [0.25, 0.3) is 17.8 Å². The average molecular weight is 623 g/mol. The van der Waals surface area contributed by atoms with Crippen molar-refractivity contribution in [2.45, 2.75) is 31.0 Å². The fraction of sp³-hybridized carbons (Fsp3) is 0.273. The predicted octanol–water partition coefficient (Wildman–Crippen LogP) is -1.31. The molecule has 5 heterocycles. The van der Waals surface area contributed by atoms with E-state index in [9.17, 15) is 24.3 Å². The third-order valence-corrected chi connectivity index (χ3v) is 8.42. The van der Waals surface area contributed by atoms with Gasteiger partial charge in [0.15, 0.2) is 23.6 Å². The minimum absolute atomic E-state index is 0.00517. The van der Waals surface area contributed by atoms with Crippen molar-refractivity contribution in [2.75, 3.05) is 17.2 Å². The summed E-state index contributed by atoms with van der Waals surface area (Å²) in [6.07, 6.45) is 1.84. The second-order valence-electron chi connectivity index (χ2n) is 8.72. The number of oxazole rings is 1. The molecule has 3 aromatic heterocycles. The number of hydrogen-bond acceptors (Lipinski definition) is 14. The highest BCUT2D eigenvalue weighted by Gasteiger charge is 2.53. The molecule has 16 nitrogen and oxygen atoms in total. The Balaban J connectivity index is 1.37. The molecule has 0 bridgehead atoms. The number of pyridine rings is 1. The third-order valence-electron chi connectivity index (χ3n) is 6.00. The number of aromatic nitrogens is 3. The zero-order valence-corrected chi connectivity index (χ0v) is 23.2. The first kappa shape index (κ1) is 28.1. The van der Waals surface area contributed by atoms with Crippen LogP contribution in [0.1, 0.15) is 12.6 Å². The van der Waals surface area contributed by atoms with Gasteiger partial charge in [-0.05, 0) is 6.92 Å². The lowest BCUT2D eigenvalue weighted by atomic mass is 10.0. The molecule has 2 unspecified atom stereocenters. The van der Waals surface area contributed by atoms with Crippen LogP contribution in [0.3, 0.4) is 0 Å². The van der Waals surface area contributed by atoms with Crippen LogP contribution in [0, 0.1) is 0 Å². The lowest BCUT2D eigenvalue weighted by Crippen LogP contribution is -2.71. The molecule has 2 aliphatic rings. The summed E-state index contributed by atoms with van der Waals surface area (Å²) < 4.78 is 6.95. The van der Waals surface area contributed by atoms with Gasteiger partial charge in [0.1, 0.15) is 27.0 Å². The number of hydrogen-bond donors (Lipinski definition) is 4. The second kappa shape index (κ2) is 10.9. The number of amides is 2. The van der Waals surface area contributed by atoms with E-state index < -0.39 is 47.0 Å². The Kier molecular flexibility index (Phi) is 7.45. The second-order valence-corrected chi connectivity index (χ2v) is 11.5. The summed E-state index contributed by atoms with van der Waals surface area (Å²) in [7, 11) is 0. The summed E-state index contributed by atoms with van der Waals surface area (Å²) >= 11 is 8.19. The maximum absolute atomic E-state index is 13.2. The molecule has 214 valence electrons. The summed E-state index contributed by atoms with van der Waals surface area (Å²) in [6, 6.07) is 0.483. The van der Waals surface area contributed by atoms with Crippen LogP contribution in [0.2, 0.25) is 4.34 Å². The van der Waals surface area contributed by atoms with Gasteiger partial charge in [-0.3, -0.25) is 14.5 Å². The Morgan fingerprint density at radius 3 is 2.83 bits per heavy atom. The first-order valence-electron chi connectivity index (χ1n) is 11.6. The van der Waals surface area contributed by atoms with E-state index in [-0.39, 0.29) is 39.2 Å². The molecule has 0 radical (unpaired) electrons. The number of oxime groups is 1. The van der Waals surface area contributed by atoms with Gasteiger partial charge in [-0.15, -0.1) is 11.8 Å². The van der Waals surface area contributed by atoms with Crippen LogP contribution in [0.25, 0.3) is 11.1 Å². The fourth-order valence-corrected chi connectivity index (χ4v) is 6.35. The summed E-state index contributed by atoms with van der Waals surface area (Å²) in [4.78, 5) is 63.5. The summed E-state index contributed by atoms with van der Waals surface area (Å²) in [5.41, 5.74) is 11.6. The smallest absolute Gasteiger partial charge is 0.347 e. The van der Waals surface area contributed by atoms with E-state index in [0.717, 1.165) is 16.2 Å². The van der Waals surface area contributed by atoms with Crippen molar-refractivity contribution >= 4 is 86.4 Å². The minimum atomic E-state index is -1.56. The number of aliphatic carboxylic acids is 2. The van der Waals surface area contributed by atoms with E-state index in [1.807, 2.05) is 0 Å². The third kappa shape index (κ3) is 5.35. The largest absolute Gasteiger partial charge is 0.543 e. The number of anilines is 2. The number of carboxylic acid groups (broad SMARTS) is 2. The van der Waals surface area contributed by atoms with E-state index in [1.165, 1.54) is 18.7 Å². The monoisotopic (exact) mass is 622 g/mol. The molecule has 1 fully saturated rings. The fourth-order valence-electron chi connectivity index (χ4n) is 4.09. The maximum Gasteiger partial charge on any atom is 0.347 e. The molecule has 5 rings (SSSR count). The first-order valence-corrected chi connectivity index (χ1v) is 13.8. The van der Waals surface area contributed by atoms with Crippen LogP contribution in [0.15, 0.2) is 39.3 Å². The Labute approximate surface area is 242 Å². The number of nitrogen functional groups attached to an aromatic ring is 2. The van der Waals surface area contributed by atoms with E-state index in [2.05, 4.69) is 20.4 Å². The topological polar surface area (TPSA) is 243 Å². The normalized spacial score (nSPS) is 19.5. The van der Waals surface area contributed by atoms with Crippen molar-refractivity contribution in [3.8, 4) is 0 Å². The number of carboxylic acids is 2. The molecule has 0 spiro atoms. The Hall–Kier alpha value is -4.42. The number of carbonyl (C=O) groups excluding carboxylic acids is 3. The Bertz CT molecular complexity index is 1670. The first-order chi connectivity index (χ1) is 19.4. The SMILES string of the molecule is C[C@H](O/N=C(\C(=O)NC1C(=O)N2C(C(=O)[O-])=C(C[n+]3ccc4nc(N)oc4c3)CSC12)c1nc(N)sc1Cl)C(=O)O. The van der Waals surface area contributed by atoms with Gasteiger partial charge >= 0.3 is 5.97 Å². The number of nitrogens with zero attached hydrogens (tertiary/aromatic N) is 5.